The van der Waals surface area contributed by atoms with E-state index in [2.05, 4.69) is 23.6 Å². The molecule has 0 aromatic heterocycles. The van der Waals surface area contributed by atoms with Crippen molar-refractivity contribution in [2.45, 2.75) is 25.3 Å². The summed E-state index contributed by atoms with van der Waals surface area (Å²) in [4.78, 5) is 23.9. The van der Waals surface area contributed by atoms with Gasteiger partial charge in [-0.25, -0.2) is 5.01 Å². The van der Waals surface area contributed by atoms with Gasteiger partial charge in [-0.1, -0.05) is 60.7 Å². The number of carboxylic acid groups (broad SMARTS) is 1. The summed E-state index contributed by atoms with van der Waals surface area (Å²) in [5.74, 6) is -0.973. The molecule has 2 aromatic rings. The van der Waals surface area contributed by atoms with Crippen molar-refractivity contribution in [1.29, 1.82) is 0 Å². The molecule has 1 aliphatic carbocycles. The molecule has 30 heavy (non-hydrogen) atoms. The third kappa shape index (κ3) is 4.44. The molecule has 2 aliphatic rings. The summed E-state index contributed by atoms with van der Waals surface area (Å²) >= 11 is 1.13. The molecule has 0 fully saturated rings. The normalized spacial score (nSPS) is 19.5. The highest BCUT2D eigenvalue weighted by atomic mass is 32.2. The van der Waals surface area contributed by atoms with Crippen molar-refractivity contribution < 1.29 is 14.7 Å². The number of benzene rings is 2. The largest absolute Gasteiger partial charge is 0.481 e. The molecule has 2 aromatic carbocycles. The highest BCUT2D eigenvalue weighted by Gasteiger charge is 2.38. The summed E-state index contributed by atoms with van der Waals surface area (Å²) in [6.07, 6.45) is 5.12. The number of hydrogen-bond acceptors (Lipinski definition) is 4. The monoisotopic (exact) mass is 420 g/mol. The summed E-state index contributed by atoms with van der Waals surface area (Å²) in [5.41, 5.74) is 9.06. The van der Waals surface area contributed by atoms with E-state index in [0.717, 1.165) is 47.8 Å². The van der Waals surface area contributed by atoms with Crippen LogP contribution in [-0.2, 0) is 9.59 Å². The lowest BCUT2D eigenvalue weighted by Gasteiger charge is -2.27. The van der Waals surface area contributed by atoms with Crippen molar-refractivity contribution in [2.24, 2.45) is 0 Å². The fraction of sp³-hybridized carbons (Fsp3) is 0.250. The molecule has 0 saturated carbocycles. The van der Waals surface area contributed by atoms with Gasteiger partial charge in [0, 0.05) is 0 Å². The van der Waals surface area contributed by atoms with Gasteiger partial charge in [0.2, 0.25) is 0 Å². The lowest BCUT2D eigenvalue weighted by atomic mass is 9.86. The molecule has 0 spiro atoms. The predicted molar refractivity (Wildman–Crippen MR) is 119 cm³/mol. The number of aliphatic carboxylic acids is 1. The zero-order valence-corrected chi connectivity index (χ0v) is 17.4. The first-order valence-electron chi connectivity index (χ1n) is 10.1. The lowest BCUT2D eigenvalue weighted by molar-refractivity contribution is -0.133. The van der Waals surface area contributed by atoms with Crippen LogP contribution in [0.25, 0.3) is 6.08 Å². The Labute approximate surface area is 180 Å². The number of amides is 1. The zero-order chi connectivity index (χ0) is 20.9. The highest BCUT2D eigenvalue weighted by Crippen LogP contribution is 2.43. The minimum Gasteiger partial charge on any atom is -0.481 e. The zero-order valence-electron chi connectivity index (χ0n) is 16.6. The maximum Gasteiger partial charge on any atom is 0.313 e. The van der Waals surface area contributed by atoms with Crippen LogP contribution in [0.1, 0.15) is 36.4 Å². The summed E-state index contributed by atoms with van der Waals surface area (Å²) in [5, 5.41) is 10.6. The maximum absolute atomic E-state index is 13.0. The van der Waals surface area contributed by atoms with Crippen molar-refractivity contribution in [3.63, 3.8) is 0 Å². The maximum atomic E-state index is 13.0. The Hall–Kier alpha value is -2.99. The molecule has 0 unspecified atom stereocenters. The first-order chi connectivity index (χ1) is 14.6. The Bertz CT molecular complexity index is 986. The molecule has 1 amide bonds. The van der Waals surface area contributed by atoms with Crippen molar-refractivity contribution in [3.05, 3.63) is 88.6 Å². The molecular formula is C24H24N2O3S. The van der Waals surface area contributed by atoms with Crippen LogP contribution in [0.5, 0.6) is 0 Å². The fourth-order valence-electron chi connectivity index (χ4n) is 4.07. The number of carboxylic acids is 1. The van der Waals surface area contributed by atoms with Crippen molar-refractivity contribution in [1.82, 2.24) is 10.4 Å². The number of nitrogens with zero attached hydrogens (tertiary/aromatic N) is 1. The first-order valence-corrected chi connectivity index (χ1v) is 11.2. The van der Waals surface area contributed by atoms with E-state index in [9.17, 15) is 9.59 Å². The lowest BCUT2D eigenvalue weighted by Crippen LogP contribution is -2.41. The van der Waals surface area contributed by atoms with E-state index in [1.807, 2.05) is 48.5 Å². The van der Waals surface area contributed by atoms with E-state index in [4.69, 9.17) is 5.11 Å². The number of allylic oxidation sites excluding steroid dienone is 1. The number of rotatable bonds is 6. The standard InChI is InChI=1S/C24H24N2O3S/c27-21(15-30-16-22(28)29)26-24(18-10-5-2-6-11-18)20-13-7-12-19(23(20)25-26)14-17-8-3-1-4-9-17/h1-6,8-11,14,24-25H,7,12-13,15-16H2,(H,28,29)/b19-14+/t24-/m1/s1. The van der Waals surface area contributed by atoms with Gasteiger partial charge in [-0.15, -0.1) is 11.8 Å². The van der Waals surface area contributed by atoms with Crippen molar-refractivity contribution >= 4 is 29.7 Å². The molecule has 154 valence electrons. The molecule has 1 heterocycles. The molecular weight excluding hydrogens is 396 g/mol. The van der Waals surface area contributed by atoms with Crippen LogP contribution in [0.4, 0.5) is 0 Å². The minimum atomic E-state index is -0.910. The SMILES string of the molecule is O=C(O)CSCC(=O)N1NC2=C(CCC/C2=C\c2ccccc2)[C@H]1c1ccccc1. The topological polar surface area (TPSA) is 69.6 Å². The second-order valence-corrected chi connectivity index (χ2v) is 8.39. The van der Waals surface area contributed by atoms with Crippen molar-refractivity contribution in [3.8, 4) is 0 Å². The Morgan fingerprint density at radius 3 is 2.43 bits per heavy atom. The Balaban J connectivity index is 1.66. The number of thioether (sulfide) groups is 1. The molecule has 1 aliphatic heterocycles. The summed E-state index contributed by atoms with van der Waals surface area (Å²) in [6, 6.07) is 20.1. The molecule has 5 nitrogen and oxygen atoms in total. The van der Waals surface area contributed by atoms with Gasteiger partial charge in [-0.2, -0.15) is 0 Å². The molecule has 4 rings (SSSR count). The van der Waals surface area contributed by atoms with E-state index in [-0.39, 0.29) is 23.5 Å². The summed E-state index contributed by atoms with van der Waals surface area (Å²) in [7, 11) is 0. The highest BCUT2D eigenvalue weighted by molar-refractivity contribution is 8.00. The fourth-order valence-corrected chi connectivity index (χ4v) is 4.66. The van der Waals surface area contributed by atoms with Gasteiger partial charge in [0.25, 0.3) is 5.91 Å². The van der Waals surface area contributed by atoms with E-state index < -0.39 is 5.97 Å². The van der Waals surface area contributed by atoms with Gasteiger partial charge in [0.1, 0.15) is 6.04 Å². The van der Waals surface area contributed by atoms with E-state index in [1.54, 1.807) is 5.01 Å². The minimum absolute atomic E-state index is 0.0815. The molecule has 1 atom stereocenters. The van der Waals surface area contributed by atoms with Gasteiger partial charge in [-0.3, -0.25) is 15.0 Å². The van der Waals surface area contributed by atoms with Crippen molar-refractivity contribution in [2.75, 3.05) is 11.5 Å². The van der Waals surface area contributed by atoms with Crippen LogP contribution in [-0.4, -0.2) is 33.5 Å². The predicted octanol–water partition coefficient (Wildman–Crippen LogP) is 4.41. The number of carbonyl (C=O) groups is 2. The Kier molecular flexibility index (Phi) is 6.23. The third-order valence-corrected chi connectivity index (χ3v) is 6.23. The average Bonchev–Trinajstić information content (AvgIpc) is 3.15. The van der Waals surface area contributed by atoms with Crippen LogP contribution in [0.2, 0.25) is 0 Å². The number of hydrogen-bond donors (Lipinski definition) is 2. The van der Waals surface area contributed by atoms with Gasteiger partial charge in [0.15, 0.2) is 0 Å². The molecule has 0 radical (unpaired) electrons. The summed E-state index contributed by atoms with van der Waals surface area (Å²) < 4.78 is 0. The first kappa shape index (κ1) is 20.3. The van der Waals surface area contributed by atoms with Crippen LogP contribution in [0.15, 0.2) is 77.5 Å². The third-order valence-electron chi connectivity index (χ3n) is 5.33. The number of carbonyl (C=O) groups excluding carboxylic acids is 1. The smallest absolute Gasteiger partial charge is 0.313 e. The molecule has 2 N–H and O–H groups in total. The quantitative estimate of drug-likeness (QED) is 0.724. The molecule has 0 bridgehead atoms. The average molecular weight is 421 g/mol. The second-order valence-electron chi connectivity index (χ2n) is 7.41. The Morgan fingerprint density at radius 2 is 1.73 bits per heavy atom. The van der Waals surface area contributed by atoms with Crippen LogP contribution < -0.4 is 5.43 Å². The van der Waals surface area contributed by atoms with Gasteiger partial charge in [0.05, 0.1) is 17.2 Å². The van der Waals surface area contributed by atoms with Gasteiger partial charge in [-0.05, 0) is 47.6 Å². The van der Waals surface area contributed by atoms with Crippen LogP contribution >= 0.6 is 11.8 Å². The van der Waals surface area contributed by atoms with E-state index in [0.29, 0.717) is 0 Å². The number of nitrogens with one attached hydrogen (secondary N) is 1. The Morgan fingerprint density at radius 1 is 1.03 bits per heavy atom. The second kappa shape index (κ2) is 9.22. The van der Waals surface area contributed by atoms with Gasteiger partial charge < -0.3 is 5.11 Å². The van der Waals surface area contributed by atoms with Gasteiger partial charge >= 0.3 is 5.97 Å². The van der Waals surface area contributed by atoms with Crippen LogP contribution in [0.3, 0.4) is 0 Å². The molecule has 0 saturated heterocycles. The van der Waals surface area contributed by atoms with E-state index in [1.165, 1.54) is 11.1 Å². The molecule has 6 heteroatoms. The number of hydrazine groups is 1. The van der Waals surface area contributed by atoms with Crippen LogP contribution in [0, 0.1) is 0 Å². The van der Waals surface area contributed by atoms with E-state index >= 15 is 0 Å². The summed E-state index contributed by atoms with van der Waals surface area (Å²) in [6.45, 7) is 0.